The van der Waals surface area contributed by atoms with E-state index < -0.39 is 23.1 Å². The molecule has 0 saturated heterocycles. The maximum atomic E-state index is 13.3. The highest BCUT2D eigenvalue weighted by Crippen LogP contribution is 2.55. The summed E-state index contributed by atoms with van der Waals surface area (Å²) >= 11 is 0. The molecule has 25 heavy (non-hydrogen) atoms. The van der Waals surface area contributed by atoms with Gasteiger partial charge in [-0.1, -0.05) is 12.1 Å². The van der Waals surface area contributed by atoms with E-state index in [2.05, 4.69) is 5.32 Å². The van der Waals surface area contributed by atoms with Gasteiger partial charge in [0.15, 0.2) is 11.5 Å². The normalized spacial score (nSPS) is 22.6. The number of nitrogens with one attached hydrogen (secondary N) is 1. The van der Waals surface area contributed by atoms with Crippen LogP contribution in [0.2, 0.25) is 0 Å². The van der Waals surface area contributed by atoms with Gasteiger partial charge in [0, 0.05) is 11.6 Å². The fraction of sp³-hybridized carbons (Fsp3) is 0.235. The van der Waals surface area contributed by atoms with Crippen molar-refractivity contribution in [1.82, 2.24) is 0 Å². The van der Waals surface area contributed by atoms with Gasteiger partial charge < -0.3 is 19.5 Å². The van der Waals surface area contributed by atoms with Crippen LogP contribution < -0.4 is 19.5 Å². The monoisotopic (exact) mass is 349 g/mol. The van der Waals surface area contributed by atoms with Crippen LogP contribution in [0.4, 0.5) is 18.9 Å². The quantitative estimate of drug-likeness (QED) is 0.794. The summed E-state index contributed by atoms with van der Waals surface area (Å²) < 4.78 is 56.2. The van der Waals surface area contributed by atoms with Gasteiger partial charge in [-0.2, -0.15) is 13.2 Å². The molecule has 1 amide bonds. The Morgan fingerprint density at radius 3 is 2.52 bits per heavy atom. The van der Waals surface area contributed by atoms with E-state index in [4.69, 9.17) is 14.2 Å². The second kappa shape index (κ2) is 4.38. The Bertz CT molecular complexity index is 940. The third kappa shape index (κ3) is 1.71. The molecule has 5 nitrogen and oxygen atoms in total. The number of carbonyl (C=O) groups is 1. The highest BCUT2D eigenvalue weighted by Gasteiger charge is 2.56. The van der Waals surface area contributed by atoms with Crippen molar-refractivity contribution in [1.29, 1.82) is 0 Å². The van der Waals surface area contributed by atoms with E-state index in [1.54, 1.807) is 12.1 Å². The molecule has 3 heterocycles. The molecule has 1 N–H and O–H groups in total. The number of hydrogen-bond donors (Lipinski definition) is 1. The van der Waals surface area contributed by atoms with Gasteiger partial charge in [0.05, 0.1) is 11.3 Å². The lowest BCUT2D eigenvalue weighted by atomic mass is 9.76. The number of ether oxygens (including phenoxy) is 3. The first-order chi connectivity index (χ1) is 11.9. The predicted octanol–water partition coefficient (Wildman–Crippen LogP) is 3.06. The van der Waals surface area contributed by atoms with E-state index in [1.165, 1.54) is 12.1 Å². The molecule has 0 aliphatic carbocycles. The molecule has 0 aromatic heterocycles. The SMILES string of the molecule is O=C1Nc2c(C(F)(F)F)cccc2C12COc1cc3c(cc12)OCO3. The summed E-state index contributed by atoms with van der Waals surface area (Å²) in [5.74, 6) is 0.789. The van der Waals surface area contributed by atoms with Gasteiger partial charge in [-0.05, 0) is 17.7 Å². The lowest BCUT2D eigenvalue weighted by Crippen LogP contribution is -2.37. The summed E-state index contributed by atoms with van der Waals surface area (Å²) in [5.41, 5.74) is -1.68. The topological polar surface area (TPSA) is 56.8 Å². The standard InChI is InChI=1S/C17H10F3NO4/c18-17(19,20)9-3-1-2-8-14(9)21-15(22)16(8)6-23-11-5-13-12(4-10(11)16)24-7-25-13/h1-5H,6-7H2,(H,21,22). The Kier molecular flexibility index (Phi) is 2.53. The molecule has 0 fully saturated rings. The van der Waals surface area contributed by atoms with Crippen LogP contribution in [0.3, 0.4) is 0 Å². The van der Waals surface area contributed by atoms with Crippen molar-refractivity contribution in [2.75, 3.05) is 18.7 Å². The van der Waals surface area contributed by atoms with Gasteiger partial charge in [-0.25, -0.2) is 0 Å². The average Bonchev–Trinajstić information content (AvgIpc) is 3.22. The van der Waals surface area contributed by atoms with Crippen molar-refractivity contribution in [3.05, 3.63) is 47.0 Å². The van der Waals surface area contributed by atoms with Crippen molar-refractivity contribution in [2.24, 2.45) is 0 Å². The van der Waals surface area contributed by atoms with Crippen LogP contribution in [0.5, 0.6) is 17.2 Å². The summed E-state index contributed by atoms with van der Waals surface area (Å²) in [6, 6.07) is 6.99. The van der Waals surface area contributed by atoms with E-state index in [1.807, 2.05) is 0 Å². The molecule has 0 bridgehead atoms. The molecular weight excluding hydrogens is 339 g/mol. The first-order valence-electron chi connectivity index (χ1n) is 7.50. The third-order valence-corrected chi connectivity index (χ3v) is 4.83. The molecule has 0 saturated carbocycles. The molecule has 2 aromatic carbocycles. The number of halogens is 3. The molecular formula is C17H10F3NO4. The molecule has 128 valence electrons. The number of rotatable bonds is 0. The Morgan fingerprint density at radius 2 is 1.76 bits per heavy atom. The predicted molar refractivity (Wildman–Crippen MR) is 78.9 cm³/mol. The van der Waals surface area contributed by atoms with Crippen LogP contribution >= 0.6 is 0 Å². The fourth-order valence-electron chi connectivity index (χ4n) is 3.67. The first kappa shape index (κ1) is 14.4. The molecule has 8 heteroatoms. The van der Waals surface area contributed by atoms with E-state index in [0.717, 1.165) is 6.07 Å². The first-order valence-corrected chi connectivity index (χ1v) is 7.50. The number of anilines is 1. The van der Waals surface area contributed by atoms with Gasteiger partial charge in [-0.15, -0.1) is 0 Å². The van der Waals surface area contributed by atoms with Crippen LogP contribution in [-0.4, -0.2) is 19.3 Å². The van der Waals surface area contributed by atoms with Crippen molar-refractivity contribution in [3.8, 4) is 17.2 Å². The summed E-state index contributed by atoms with van der Waals surface area (Å²) in [5, 5.41) is 2.40. The second-order valence-corrected chi connectivity index (χ2v) is 6.08. The van der Waals surface area contributed by atoms with Crippen molar-refractivity contribution < 1.29 is 32.2 Å². The van der Waals surface area contributed by atoms with Crippen molar-refractivity contribution in [3.63, 3.8) is 0 Å². The molecule has 3 aliphatic rings. The van der Waals surface area contributed by atoms with Crippen LogP contribution in [0.25, 0.3) is 0 Å². The zero-order valence-corrected chi connectivity index (χ0v) is 12.6. The Hall–Kier alpha value is -2.90. The average molecular weight is 349 g/mol. The number of fused-ring (bicyclic) bond motifs is 5. The zero-order valence-electron chi connectivity index (χ0n) is 12.6. The van der Waals surface area contributed by atoms with Gasteiger partial charge >= 0.3 is 6.18 Å². The summed E-state index contributed by atoms with van der Waals surface area (Å²) in [7, 11) is 0. The summed E-state index contributed by atoms with van der Waals surface area (Å²) in [6.07, 6.45) is -4.57. The molecule has 3 aliphatic heterocycles. The molecule has 1 atom stereocenters. The van der Waals surface area contributed by atoms with E-state index >= 15 is 0 Å². The summed E-state index contributed by atoms with van der Waals surface area (Å²) in [6.45, 7) is -0.0302. The fourth-order valence-corrected chi connectivity index (χ4v) is 3.67. The minimum absolute atomic E-state index is 0.0478. The molecule has 1 spiro atoms. The van der Waals surface area contributed by atoms with Crippen LogP contribution in [0, 0.1) is 0 Å². The van der Waals surface area contributed by atoms with Gasteiger partial charge in [-0.3, -0.25) is 4.79 Å². The highest BCUT2D eigenvalue weighted by molar-refractivity contribution is 6.10. The van der Waals surface area contributed by atoms with Gasteiger partial charge in [0.2, 0.25) is 12.7 Å². The maximum Gasteiger partial charge on any atom is 0.418 e. The maximum absolute atomic E-state index is 13.3. The van der Waals surface area contributed by atoms with E-state index in [-0.39, 0.29) is 24.7 Å². The molecule has 0 radical (unpaired) electrons. The second-order valence-electron chi connectivity index (χ2n) is 6.08. The molecule has 5 rings (SSSR count). The number of carbonyl (C=O) groups excluding carboxylic acids is 1. The smallest absolute Gasteiger partial charge is 0.418 e. The number of para-hydroxylation sites is 1. The number of amides is 1. The minimum atomic E-state index is -4.57. The minimum Gasteiger partial charge on any atom is -0.491 e. The largest absolute Gasteiger partial charge is 0.491 e. The summed E-state index contributed by atoms with van der Waals surface area (Å²) in [4.78, 5) is 12.8. The van der Waals surface area contributed by atoms with Crippen molar-refractivity contribution >= 4 is 11.6 Å². The van der Waals surface area contributed by atoms with Crippen LogP contribution in [0.1, 0.15) is 16.7 Å². The highest BCUT2D eigenvalue weighted by atomic mass is 19.4. The van der Waals surface area contributed by atoms with Gasteiger partial charge in [0.1, 0.15) is 17.8 Å². The number of benzene rings is 2. The van der Waals surface area contributed by atoms with E-state index in [9.17, 15) is 18.0 Å². The Balaban J connectivity index is 1.76. The third-order valence-electron chi connectivity index (χ3n) is 4.83. The van der Waals surface area contributed by atoms with Crippen LogP contribution in [0.15, 0.2) is 30.3 Å². The number of alkyl halides is 3. The molecule has 2 aromatic rings. The van der Waals surface area contributed by atoms with E-state index in [0.29, 0.717) is 22.8 Å². The van der Waals surface area contributed by atoms with Gasteiger partial charge in [0.25, 0.3) is 0 Å². The lowest BCUT2D eigenvalue weighted by molar-refractivity contribution is -0.136. The zero-order chi connectivity index (χ0) is 17.4. The Labute approximate surface area is 139 Å². The van der Waals surface area contributed by atoms with Crippen LogP contribution in [-0.2, 0) is 16.4 Å². The van der Waals surface area contributed by atoms with Crippen molar-refractivity contribution in [2.45, 2.75) is 11.6 Å². The Morgan fingerprint density at radius 1 is 1.00 bits per heavy atom. The molecule has 1 unspecified atom stereocenters. The lowest BCUT2D eigenvalue weighted by Gasteiger charge is -2.20. The number of hydrogen-bond acceptors (Lipinski definition) is 4.